The molecule has 0 spiro atoms. The predicted molar refractivity (Wildman–Crippen MR) is 83.9 cm³/mol. The molecule has 5 heteroatoms. The second kappa shape index (κ2) is 6.08. The Kier molecular flexibility index (Phi) is 4.17. The molecule has 1 aromatic heterocycles. The molecule has 0 fully saturated rings. The number of rotatable bonds is 4. The van der Waals surface area contributed by atoms with Crippen molar-refractivity contribution in [2.75, 3.05) is 13.2 Å². The van der Waals surface area contributed by atoms with Crippen LogP contribution in [0, 0.1) is 0 Å². The van der Waals surface area contributed by atoms with Gasteiger partial charge in [-0.15, -0.1) is 0 Å². The molecule has 2 unspecified atom stereocenters. The molecule has 1 aromatic carbocycles. The van der Waals surface area contributed by atoms with Crippen molar-refractivity contribution in [1.29, 1.82) is 0 Å². The van der Waals surface area contributed by atoms with Crippen LogP contribution >= 0.6 is 11.6 Å². The van der Waals surface area contributed by atoms with E-state index in [2.05, 4.69) is 29.5 Å². The highest BCUT2D eigenvalue weighted by molar-refractivity contribution is 6.31. The Morgan fingerprint density at radius 1 is 1.48 bits per heavy atom. The molecule has 0 radical (unpaired) electrons. The number of para-hydroxylation sites is 1. The topological polar surface area (TPSA) is 39.1 Å². The van der Waals surface area contributed by atoms with Crippen molar-refractivity contribution >= 4 is 11.6 Å². The lowest BCUT2D eigenvalue weighted by molar-refractivity contribution is 0.244. The fourth-order valence-corrected chi connectivity index (χ4v) is 3.42. The molecule has 2 atom stereocenters. The van der Waals surface area contributed by atoms with Gasteiger partial charge in [0.05, 0.1) is 29.6 Å². The summed E-state index contributed by atoms with van der Waals surface area (Å²) < 4.78 is 7.65. The van der Waals surface area contributed by atoms with Crippen molar-refractivity contribution in [2.24, 2.45) is 7.05 Å². The Labute approximate surface area is 130 Å². The van der Waals surface area contributed by atoms with Crippen LogP contribution in [0.2, 0.25) is 5.02 Å². The van der Waals surface area contributed by atoms with Crippen LogP contribution in [0.25, 0.3) is 0 Å². The third-order valence-electron chi connectivity index (χ3n) is 4.06. The lowest BCUT2D eigenvalue weighted by atomic mass is 9.85. The summed E-state index contributed by atoms with van der Waals surface area (Å²) in [5, 5.41) is 8.58. The number of nitrogens with one attached hydrogen (secondary N) is 1. The van der Waals surface area contributed by atoms with E-state index in [0.717, 1.165) is 31.0 Å². The average Bonchev–Trinajstić information content (AvgIpc) is 2.84. The van der Waals surface area contributed by atoms with E-state index >= 15 is 0 Å². The van der Waals surface area contributed by atoms with Gasteiger partial charge in [0, 0.05) is 13.0 Å². The molecule has 112 valence electrons. The zero-order valence-electron chi connectivity index (χ0n) is 12.3. The van der Waals surface area contributed by atoms with Crippen LogP contribution in [0.3, 0.4) is 0 Å². The SMILES string of the molecule is CCNC(c1c(Cl)cnn1C)C1CCOc2ccccc21. The molecule has 1 N–H and O–H groups in total. The highest BCUT2D eigenvalue weighted by Crippen LogP contribution is 2.42. The minimum absolute atomic E-state index is 0.139. The van der Waals surface area contributed by atoms with Crippen molar-refractivity contribution in [3.05, 3.63) is 46.7 Å². The van der Waals surface area contributed by atoms with Gasteiger partial charge in [-0.05, 0) is 24.6 Å². The Balaban J connectivity index is 2.03. The molecule has 2 heterocycles. The number of ether oxygens (including phenoxy) is 1. The first-order valence-electron chi connectivity index (χ1n) is 7.35. The van der Waals surface area contributed by atoms with Crippen LogP contribution in [0.15, 0.2) is 30.5 Å². The van der Waals surface area contributed by atoms with Gasteiger partial charge in [0.15, 0.2) is 0 Å². The van der Waals surface area contributed by atoms with E-state index < -0.39 is 0 Å². The quantitative estimate of drug-likeness (QED) is 0.942. The van der Waals surface area contributed by atoms with Gasteiger partial charge < -0.3 is 10.1 Å². The van der Waals surface area contributed by atoms with E-state index in [1.54, 1.807) is 6.20 Å². The largest absolute Gasteiger partial charge is 0.493 e. The van der Waals surface area contributed by atoms with Crippen LogP contribution in [0.1, 0.15) is 36.6 Å². The molecule has 1 aliphatic rings. The molecule has 2 aromatic rings. The van der Waals surface area contributed by atoms with Crippen LogP contribution in [-0.4, -0.2) is 22.9 Å². The number of likely N-dealkylation sites (N-methyl/N-ethyl adjacent to an activating group) is 1. The number of hydrogen-bond donors (Lipinski definition) is 1. The lowest BCUT2D eigenvalue weighted by Crippen LogP contribution is -2.32. The van der Waals surface area contributed by atoms with Crippen molar-refractivity contribution in [3.8, 4) is 5.75 Å². The minimum Gasteiger partial charge on any atom is -0.493 e. The Morgan fingerprint density at radius 3 is 3.00 bits per heavy atom. The third-order valence-corrected chi connectivity index (χ3v) is 4.35. The number of fused-ring (bicyclic) bond motifs is 1. The Bertz CT molecular complexity index is 606. The minimum atomic E-state index is 0.139. The van der Waals surface area contributed by atoms with E-state index in [1.807, 2.05) is 23.9 Å². The first kappa shape index (κ1) is 14.4. The van der Waals surface area contributed by atoms with E-state index in [0.29, 0.717) is 10.9 Å². The predicted octanol–water partition coefficient (Wildman–Crippen LogP) is 3.29. The highest BCUT2D eigenvalue weighted by atomic mass is 35.5. The standard InChI is InChI=1S/C16H20ClN3O/c1-3-18-15(16-13(17)10-19-20(16)2)12-8-9-21-14-7-5-4-6-11(12)14/h4-7,10,12,15,18H,3,8-9H2,1-2H3. The van der Waals surface area contributed by atoms with Gasteiger partial charge in [-0.1, -0.05) is 36.7 Å². The van der Waals surface area contributed by atoms with E-state index in [4.69, 9.17) is 16.3 Å². The molecule has 0 saturated carbocycles. The van der Waals surface area contributed by atoms with Crippen molar-refractivity contribution in [1.82, 2.24) is 15.1 Å². The van der Waals surface area contributed by atoms with Crippen molar-refractivity contribution in [3.63, 3.8) is 0 Å². The van der Waals surface area contributed by atoms with Crippen LogP contribution < -0.4 is 10.1 Å². The van der Waals surface area contributed by atoms with Gasteiger partial charge in [-0.2, -0.15) is 5.10 Å². The van der Waals surface area contributed by atoms with Gasteiger partial charge in [0.2, 0.25) is 0 Å². The summed E-state index contributed by atoms with van der Waals surface area (Å²) in [6, 6.07) is 8.40. The maximum absolute atomic E-state index is 6.37. The van der Waals surface area contributed by atoms with Crippen LogP contribution in [-0.2, 0) is 7.05 Å². The van der Waals surface area contributed by atoms with Crippen LogP contribution in [0.4, 0.5) is 0 Å². The monoisotopic (exact) mass is 305 g/mol. The molecule has 3 rings (SSSR count). The van der Waals surface area contributed by atoms with E-state index in [1.165, 1.54) is 5.56 Å². The van der Waals surface area contributed by atoms with Crippen molar-refractivity contribution < 1.29 is 4.74 Å². The fraction of sp³-hybridized carbons (Fsp3) is 0.438. The number of hydrogen-bond acceptors (Lipinski definition) is 3. The maximum atomic E-state index is 6.37. The van der Waals surface area contributed by atoms with Gasteiger partial charge in [0.1, 0.15) is 5.75 Å². The number of nitrogens with zero attached hydrogens (tertiary/aromatic N) is 2. The zero-order valence-corrected chi connectivity index (χ0v) is 13.1. The molecular formula is C16H20ClN3O. The summed E-state index contributed by atoms with van der Waals surface area (Å²) >= 11 is 6.37. The maximum Gasteiger partial charge on any atom is 0.122 e. The Morgan fingerprint density at radius 2 is 2.29 bits per heavy atom. The van der Waals surface area contributed by atoms with E-state index in [9.17, 15) is 0 Å². The van der Waals surface area contributed by atoms with Crippen molar-refractivity contribution in [2.45, 2.75) is 25.3 Å². The number of benzene rings is 1. The molecule has 0 aliphatic carbocycles. The van der Waals surface area contributed by atoms with Gasteiger partial charge in [-0.25, -0.2) is 0 Å². The molecule has 4 nitrogen and oxygen atoms in total. The fourth-order valence-electron chi connectivity index (χ4n) is 3.14. The first-order valence-corrected chi connectivity index (χ1v) is 7.72. The number of aryl methyl sites for hydroxylation is 1. The summed E-state index contributed by atoms with van der Waals surface area (Å²) in [5.74, 6) is 1.32. The lowest BCUT2D eigenvalue weighted by Gasteiger charge is -2.33. The summed E-state index contributed by atoms with van der Waals surface area (Å²) in [6.45, 7) is 3.73. The third kappa shape index (κ3) is 2.65. The molecule has 0 amide bonds. The molecule has 21 heavy (non-hydrogen) atoms. The second-order valence-corrected chi connectivity index (χ2v) is 5.73. The summed E-state index contributed by atoms with van der Waals surface area (Å²) in [4.78, 5) is 0. The van der Waals surface area contributed by atoms with Gasteiger partial charge in [0.25, 0.3) is 0 Å². The molecular weight excluding hydrogens is 286 g/mol. The smallest absolute Gasteiger partial charge is 0.122 e. The van der Waals surface area contributed by atoms with Crippen LogP contribution in [0.5, 0.6) is 5.75 Å². The number of halogens is 1. The first-order chi connectivity index (χ1) is 10.2. The summed E-state index contributed by atoms with van der Waals surface area (Å²) in [6.07, 6.45) is 2.68. The molecule has 1 aliphatic heterocycles. The summed E-state index contributed by atoms with van der Waals surface area (Å²) in [5.41, 5.74) is 2.28. The van der Waals surface area contributed by atoms with Gasteiger partial charge >= 0.3 is 0 Å². The summed E-state index contributed by atoms with van der Waals surface area (Å²) in [7, 11) is 1.94. The highest BCUT2D eigenvalue weighted by Gasteiger charge is 2.32. The second-order valence-electron chi connectivity index (χ2n) is 5.32. The number of aromatic nitrogens is 2. The average molecular weight is 306 g/mol. The molecule has 0 bridgehead atoms. The zero-order chi connectivity index (χ0) is 14.8. The Hall–Kier alpha value is -1.52. The normalized spacial score (nSPS) is 18.9. The van der Waals surface area contributed by atoms with E-state index in [-0.39, 0.29) is 6.04 Å². The molecule has 0 saturated heterocycles. The van der Waals surface area contributed by atoms with Gasteiger partial charge in [-0.3, -0.25) is 4.68 Å².